The van der Waals surface area contributed by atoms with E-state index in [9.17, 15) is 14.7 Å². The molecule has 1 aliphatic heterocycles. The number of carbonyl (C=O) groups is 2. The van der Waals surface area contributed by atoms with E-state index < -0.39 is 17.7 Å². The van der Waals surface area contributed by atoms with Gasteiger partial charge in [-0.05, 0) is 49.6 Å². The lowest BCUT2D eigenvalue weighted by atomic mass is 9.96. The zero-order valence-corrected chi connectivity index (χ0v) is 17.0. The topological polar surface area (TPSA) is 89.2 Å². The third-order valence-electron chi connectivity index (χ3n) is 4.98. The van der Waals surface area contributed by atoms with E-state index in [2.05, 4.69) is 0 Å². The maximum atomic E-state index is 12.9. The first kappa shape index (κ1) is 20.7. The predicted molar refractivity (Wildman–Crippen MR) is 107 cm³/mol. The van der Waals surface area contributed by atoms with Gasteiger partial charge in [0.25, 0.3) is 11.7 Å². The van der Waals surface area contributed by atoms with Gasteiger partial charge in [-0.3, -0.25) is 9.59 Å². The first-order chi connectivity index (χ1) is 13.9. The van der Waals surface area contributed by atoms with Crippen molar-refractivity contribution >= 4 is 17.4 Å². The second-order valence-electron chi connectivity index (χ2n) is 7.02. The standard InChI is InChI=1S/C22H25NO6/c1-13-11-14(2)21(28-4)15(12-13)19(24)17-18(16-7-5-10-29-16)23(8-6-9-27-3)22(26)20(17)25/h5,7,10-12,18,24H,6,8-9H2,1-4H3/b19-17-. The summed E-state index contributed by atoms with van der Waals surface area (Å²) in [6.45, 7) is 4.48. The number of nitrogens with zero attached hydrogens (tertiary/aromatic N) is 1. The smallest absolute Gasteiger partial charge is 0.295 e. The molecule has 2 heterocycles. The molecule has 154 valence electrons. The van der Waals surface area contributed by atoms with E-state index in [4.69, 9.17) is 13.9 Å². The number of amides is 1. The summed E-state index contributed by atoms with van der Waals surface area (Å²) in [4.78, 5) is 27.1. The van der Waals surface area contributed by atoms with Gasteiger partial charge in [0.2, 0.25) is 0 Å². The molecule has 0 saturated carbocycles. The molecular formula is C22H25NO6. The van der Waals surface area contributed by atoms with Crippen LogP contribution in [0.5, 0.6) is 5.75 Å². The largest absolute Gasteiger partial charge is 0.507 e. The van der Waals surface area contributed by atoms with Gasteiger partial charge >= 0.3 is 0 Å². The Balaban J connectivity index is 2.17. The average Bonchev–Trinajstić information content (AvgIpc) is 3.29. The van der Waals surface area contributed by atoms with Crippen LogP contribution in [0.1, 0.15) is 34.9 Å². The van der Waals surface area contributed by atoms with Gasteiger partial charge in [-0.15, -0.1) is 0 Å². The Hall–Kier alpha value is -3.06. The highest BCUT2D eigenvalue weighted by atomic mass is 16.5. The van der Waals surface area contributed by atoms with Crippen LogP contribution in [0.2, 0.25) is 0 Å². The van der Waals surface area contributed by atoms with E-state index in [1.165, 1.54) is 18.3 Å². The lowest BCUT2D eigenvalue weighted by molar-refractivity contribution is -0.140. The summed E-state index contributed by atoms with van der Waals surface area (Å²) in [7, 11) is 3.08. The number of benzene rings is 1. The number of furan rings is 1. The Kier molecular flexibility index (Phi) is 6.08. The molecule has 0 bridgehead atoms. The molecular weight excluding hydrogens is 374 g/mol. The number of aryl methyl sites for hydroxylation is 2. The normalized spacial score (nSPS) is 18.5. The Morgan fingerprint density at radius 1 is 1.24 bits per heavy atom. The summed E-state index contributed by atoms with van der Waals surface area (Å²) < 4.78 is 16.0. The minimum absolute atomic E-state index is 0.00864. The molecule has 1 aliphatic rings. The molecule has 2 aromatic rings. The van der Waals surface area contributed by atoms with Gasteiger partial charge in [-0.1, -0.05) is 6.07 Å². The molecule has 1 atom stereocenters. The Morgan fingerprint density at radius 3 is 2.62 bits per heavy atom. The van der Waals surface area contributed by atoms with Crippen molar-refractivity contribution in [1.29, 1.82) is 0 Å². The minimum atomic E-state index is -0.813. The van der Waals surface area contributed by atoms with E-state index in [0.29, 0.717) is 36.6 Å². The van der Waals surface area contributed by atoms with Gasteiger partial charge in [0.1, 0.15) is 23.3 Å². The predicted octanol–water partition coefficient (Wildman–Crippen LogP) is 3.36. The van der Waals surface area contributed by atoms with Crippen LogP contribution >= 0.6 is 0 Å². The number of rotatable bonds is 7. The van der Waals surface area contributed by atoms with Crippen molar-refractivity contribution in [2.75, 3.05) is 27.4 Å². The maximum Gasteiger partial charge on any atom is 0.295 e. The summed E-state index contributed by atoms with van der Waals surface area (Å²) in [6.07, 6.45) is 2.02. The van der Waals surface area contributed by atoms with E-state index in [0.717, 1.165) is 11.1 Å². The zero-order valence-electron chi connectivity index (χ0n) is 17.0. The molecule has 3 rings (SSSR count). The lowest BCUT2D eigenvalue weighted by Gasteiger charge is -2.23. The van der Waals surface area contributed by atoms with Gasteiger partial charge in [0.15, 0.2) is 0 Å². The average molecular weight is 399 g/mol. The zero-order chi connectivity index (χ0) is 21.1. The fourth-order valence-electron chi connectivity index (χ4n) is 3.78. The fourth-order valence-corrected chi connectivity index (χ4v) is 3.78. The number of hydrogen-bond acceptors (Lipinski definition) is 6. The number of ketones is 1. The summed E-state index contributed by atoms with van der Waals surface area (Å²) in [5, 5.41) is 11.2. The molecule has 29 heavy (non-hydrogen) atoms. The Labute approximate surface area is 169 Å². The van der Waals surface area contributed by atoms with Crippen molar-refractivity contribution in [2.24, 2.45) is 0 Å². The SMILES string of the molecule is COCCCN1C(=O)C(=O)/C(=C(\O)c2cc(C)cc(C)c2OC)C1c1ccco1. The second-order valence-corrected chi connectivity index (χ2v) is 7.02. The molecule has 1 saturated heterocycles. The van der Waals surface area contributed by atoms with Crippen molar-refractivity contribution in [3.05, 3.63) is 58.6 Å². The van der Waals surface area contributed by atoms with Crippen LogP contribution in [0.25, 0.3) is 5.76 Å². The molecule has 1 aromatic heterocycles. The van der Waals surface area contributed by atoms with E-state index in [1.807, 2.05) is 19.9 Å². The van der Waals surface area contributed by atoms with Crippen molar-refractivity contribution in [3.63, 3.8) is 0 Å². The van der Waals surface area contributed by atoms with Gasteiger partial charge in [0.05, 0.1) is 24.5 Å². The molecule has 1 unspecified atom stereocenters. The third-order valence-corrected chi connectivity index (χ3v) is 4.98. The van der Waals surface area contributed by atoms with Crippen molar-refractivity contribution in [2.45, 2.75) is 26.3 Å². The second kappa shape index (κ2) is 8.53. The number of aliphatic hydroxyl groups excluding tert-OH is 1. The summed E-state index contributed by atoms with van der Waals surface area (Å²) in [6, 6.07) is 6.21. The highest BCUT2D eigenvalue weighted by Gasteiger charge is 2.47. The van der Waals surface area contributed by atoms with Crippen LogP contribution < -0.4 is 4.74 Å². The minimum Gasteiger partial charge on any atom is -0.507 e. The van der Waals surface area contributed by atoms with E-state index in [1.54, 1.807) is 25.3 Å². The van der Waals surface area contributed by atoms with Gasteiger partial charge in [-0.2, -0.15) is 0 Å². The molecule has 1 N–H and O–H groups in total. The number of likely N-dealkylation sites (tertiary alicyclic amines) is 1. The number of aliphatic hydroxyl groups is 1. The molecule has 7 heteroatoms. The monoisotopic (exact) mass is 399 g/mol. The van der Waals surface area contributed by atoms with Crippen molar-refractivity contribution < 1.29 is 28.6 Å². The molecule has 1 amide bonds. The molecule has 0 spiro atoms. The van der Waals surface area contributed by atoms with Crippen LogP contribution in [-0.4, -0.2) is 49.1 Å². The fraction of sp³-hybridized carbons (Fsp3) is 0.364. The van der Waals surface area contributed by atoms with E-state index in [-0.39, 0.29) is 11.3 Å². The molecule has 0 radical (unpaired) electrons. The van der Waals surface area contributed by atoms with Crippen LogP contribution in [0.4, 0.5) is 0 Å². The molecule has 1 fully saturated rings. The maximum absolute atomic E-state index is 12.9. The molecule has 0 aliphatic carbocycles. The summed E-state index contributed by atoms with van der Waals surface area (Å²) >= 11 is 0. The first-order valence-electron chi connectivity index (χ1n) is 9.37. The highest BCUT2D eigenvalue weighted by molar-refractivity contribution is 6.46. The van der Waals surface area contributed by atoms with Crippen molar-refractivity contribution in [3.8, 4) is 5.75 Å². The van der Waals surface area contributed by atoms with Gasteiger partial charge in [-0.25, -0.2) is 0 Å². The number of methoxy groups -OCH3 is 2. The number of ether oxygens (including phenoxy) is 2. The third kappa shape index (κ3) is 3.78. The first-order valence-corrected chi connectivity index (χ1v) is 9.37. The van der Waals surface area contributed by atoms with Crippen LogP contribution in [0.15, 0.2) is 40.5 Å². The van der Waals surface area contributed by atoms with Gasteiger partial charge < -0.3 is 23.9 Å². The summed E-state index contributed by atoms with van der Waals surface area (Å²) in [5.74, 6) is -0.832. The summed E-state index contributed by atoms with van der Waals surface area (Å²) in [5.41, 5.74) is 2.08. The number of carbonyl (C=O) groups excluding carboxylic acids is 2. The Morgan fingerprint density at radius 2 is 2.00 bits per heavy atom. The van der Waals surface area contributed by atoms with Crippen molar-refractivity contribution in [1.82, 2.24) is 4.90 Å². The number of hydrogen-bond donors (Lipinski definition) is 1. The lowest BCUT2D eigenvalue weighted by Crippen LogP contribution is -2.31. The highest BCUT2D eigenvalue weighted by Crippen LogP contribution is 2.41. The number of Topliss-reactive ketones (excluding diaryl/α,β-unsaturated/α-hetero) is 1. The molecule has 1 aromatic carbocycles. The van der Waals surface area contributed by atoms with E-state index >= 15 is 0 Å². The Bertz CT molecular complexity index is 944. The quantitative estimate of drug-likeness (QED) is 0.332. The van der Waals surface area contributed by atoms with Crippen LogP contribution in [0.3, 0.4) is 0 Å². The van der Waals surface area contributed by atoms with Crippen LogP contribution in [0, 0.1) is 13.8 Å². The van der Waals surface area contributed by atoms with Gasteiger partial charge in [0, 0.05) is 20.3 Å². The molecule has 7 nitrogen and oxygen atoms in total. The van der Waals surface area contributed by atoms with Crippen LogP contribution in [-0.2, 0) is 14.3 Å².